The van der Waals surface area contributed by atoms with Crippen molar-refractivity contribution in [2.24, 2.45) is 0 Å². The lowest BCUT2D eigenvalue weighted by Gasteiger charge is -2.10. The van der Waals surface area contributed by atoms with Crippen LogP contribution in [0.15, 0.2) is 35.1 Å². The number of aromatic nitrogens is 2. The molecule has 1 N–H and O–H groups in total. The predicted octanol–water partition coefficient (Wildman–Crippen LogP) is 3.99. The second kappa shape index (κ2) is 6.00. The van der Waals surface area contributed by atoms with Gasteiger partial charge in [-0.05, 0) is 40.5 Å². The molecule has 0 bridgehead atoms. The molecule has 96 valence electrons. The second-order valence-corrected chi connectivity index (χ2v) is 4.85. The number of hydrogen-bond acceptors (Lipinski definition) is 2. The van der Waals surface area contributed by atoms with Crippen LogP contribution in [0.1, 0.15) is 19.8 Å². The van der Waals surface area contributed by atoms with Crippen molar-refractivity contribution in [2.75, 3.05) is 11.9 Å². The van der Waals surface area contributed by atoms with Gasteiger partial charge in [0.2, 0.25) is 5.95 Å². The number of halogens is 2. The molecule has 1 aromatic heterocycles. The molecule has 1 aromatic carbocycles. The van der Waals surface area contributed by atoms with Crippen LogP contribution in [-0.2, 0) is 0 Å². The van der Waals surface area contributed by atoms with E-state index in [0.717, 1.165) is 31.0 Å². The van der Waals surface area contributed by atoms with Gasteiger partial charge in [-0.3, -0.25) is 4.57 Å². The van der Waals surface area contributed by atoms with Crippen LogP contribution in [0.2, 0.25) is 0 Å². The fourth-order valence-electron chi connectivity index (χ4n) is 1.65. The van der Waals surface area contributed by atoms with Gasteiger partial charge in [-0.2, -0.15) is 0 Å². The summed E-state index contributed by atoms with van der Waals surface area (Å²) in [5.74, 6) is 0.515. The number of benzene rings is 1. The van der Waals surface area contributed by atoms with E-state index in [0.29, 0.717) is 4.47 Å². The van der Waals surface area contributed by atoms with Crippen LogP contribution in [0.25, 0.3) is 5.69 Å². The normalized spacial score (nSPS) is 10.6. The molecule has 2 rings (SSSR count). The Bertz CT molecular complexity index is 525. The van der Waals surface area contributed by atoms with Crippen molar-refractivity contribution in [3.8, 4) is 5.69 Å². The number of anilines is 1. The third-order valence-corrected chi connectivity index (χ3v) is 3.24. The summed E-state index contributed by atoms with van der Waals surface area (Å²) in [5.41, 5.74) is 0.875. The molecule has 0 aliphatic carbocycles. The van der Waals surface area contributed by atoms with E-state index in [1.54, 1.807) is 18.3 Å². The molecule has 3 nitrogen and oxygen atoms in total. The van der Waals surface area contributed by atoms with Gasteiger partial charge in [-0.15, -0.1) is 0 Å². The maximum atomic E-state index is 13.2. The highest BCUT2D eigenvalue weighted by Gasteiger charge is 2.06. The Morgan fingerprint density at radius 2 is 2.28 bits per heavy atom. The molecule has 5 heteroatoms. The molecule has 0 aliphatic rings. The van der Waals surface area contributed by atoms with E-state index in [1.165, 1.54) is 6.07 Å². The minimum atomic E-state index is -0.264. The summed E-state index contributed by atoms with van der Waals surface area (Å²) in [4.78, 5) is 4.26. The summed E-state index contributed by atoms with van der Waals surface area (Å²) in [6.45, 7) is 3.03. The SMILES string of the molecule is CCCCNc1nccn1-c1ccc(F)c(Br)c1. The molecule has 0 aliphatic heterocycles. The maximum absolute atomic E-state index is 13.2. The average Bonchev–Trinajstić information content (AvgIpc) is 2.81. The molecule has 0 saturated carbocycles. The van der Waals surface area contributed by atoms with Gasteiger partial charge in [-0.1, -0.05) is 13.3 Å². The van der Waals surface area contributed by atoms with Gasteiger partial charge in [0.25, 0.3) is 0 Å². The Labute approximate surface area is 114 Å². The molecule has 0 atom stereocenters. The summed E-state index contributed by atoms with van der Waals surface area (Å²) in [5, 5.41) is 3.27. The van der Waals surface area contributed by atoms with Crippen molar-refractivity contribution in [1.29, 1.82) is 0 Å². The number of nitrogens with one attached hydrogen (secondary N) is 1. The van der Waals surface area contributed by atoms with Gasteiger partial charge in [0.15, 0.2) is 0 Å². The first-order valence-electron chi connectivity index (χ1n) is 5.95. The van der Waals surface area contributed by atoms with Crippen molar-refractivity contribution in [3.05, 3.63) is 40.9 Å². The fraction of sp³-hybridized carbons (Fsp3) is 0.308. The van der Waals surface area contributed by atoms with Crippen LogP contribution >= 0.6 is 15.9 Å². The Morgan fingerprint density at radius 1 is 1.44 bits per heavy atom. The summed E-state index contributed by atoms with van der Waals surface area (Å²) in [6.07, 6.45) is 5.81. The minimum absolute atomic E-state index is 0.264. The van der Waals surface area contributed by atoms with Crippen molar-refractivity contribution < 1.29 is 4.39 Å². The predicted molar refractivity (Wildman–Crippen MR) is 74.6 cm³/mol. The third kappa shape index (κ3) is 2.90. The van der Waals surface area contributed by atoms with Crippen LogP contribution in [0.5, 0.6) is 0 Å². The molecule has 0 amide bonds. The Hall–Kier alpha value is -1.36. The van der Waals surface area contributed by atoms with Crippen molar-refractivity contribution in [2.45, 2.75) is 19.8 Å². The first-order valence-corrected chi connectivity index (χ1v) is 6.74. The molecular weight excluding hydrogens is 297 g/mol. The van der Waals surface area contributed by atoms with Crippen molar-refractivity contribution >= 4 is 21.9 Å². The van der Waals surface area contributed by atoms with Gasteiger partial charge in [0.1, 0.15) is 5.82 Å². The number of hydrogen-bond donors (Lipinski definition) is 1. The smallest absolute Gasteiger partial charge is 0.207 e. The summed E-state index contributed by atoms with van der Waals surface area (Å²) in [6, 6.07) is 4.91. The van der Waals surface area contributed by atoms with Crippen LogP contribution in [-0.4, -0.2) is 16.1 Å². The quantitative estimate of drug-likeness (QED) is 0.846. The Balaban J connectivity index is 2.22. The van der Waals surface area contributed by atoms with E-state index in [4.69, 9.17) is 0 Å². The highest BCUT2D eigenvalue weighted by atomic mass is 79.9. The zero-order valence-corrected chi connectivity index (χ0v) is 11.7. The molecular formula is C13H15BrFN3. The Morgan fingerprint density at radius 3 is 3.00 bits per heavy atom. The monoisotopic (exact) mass is 311 g/mol. The van der Waals surface area contributed by atoms with Gasteiger partial charge in [-0.25, -0.2) is 9.37 Å². The van der Waals surface area contributed by atoms with Gasteiger partial charge in [0.05, 0.1) is 4.47 Å². The van der Waals surface area contributed by atoms with Crippen LogP contribution in [0.3, 0.4) is 0 Å². The summed E-state index contributed by atoms with van der Waals surface area (Å²) in [7, 11) is 0. The number of imidazole rings is 1. The van der Waals surface area contributed by atoms with E-state index in [-0.39, 0.29) is 5.82 Å². The van der Waals surface area contributed by atoms with Gasteiger partial charge >= 0.3 is 0 Å². The highest BCUT2D eigenvalue weighted by Crippen LogP contribution is 2.21. The fourth-order valence-corrected chi connectivity index (χ4v) is 2.02. The highest BCUT2D eigenvalue weighted by molar-refractivity contribution is 9.10. The lowest BCUT2D eigenvalue weighted by molar-refractivity contribution is 0.620. The lowest BCUT2D eigenvalue weighted by Crippen LogP contribution is -2.07. The van der Waals surface area contributed by atoms with Crippen molar-refractivity contribution in [3.63, 3.8) is 0 Å². The average molecular weight is 312 g/mol. The third-order valence-electron chi connectivity index (χ3n) is 2.64. The number of unbranched alkanes of at least 4 members (excludes halogenated alkanes) is 1. The summed E-state index contributed by atoms with van der Waals surface area (Å²) >= 11 is 3.19. The van der Waals surface area contributed by atoms with Crippen LogP contribution in [0.4, 0.5) is 10.3 Å². The first kappa shape index (κ1) is 13.1. The van der Waals surface area contributed by atoms with Gasteiger partial charge in [0, 0.05) is 24.6 Å². The standard InChI is InChI=1S/C13H15BrFN3/c1-2-3-6-16-13-17-7-8-18(13)10-4-5-12(15)11(14)9-10/h4-5,7-9H,2-3,6H2,1H3,(H,16,17). The molecule has 0 spiro atoms. The molecule has 0 saturated heterocycles. The van der Waals surface area contributed by atoms with Crippen molar-refractivity contribution in [1.82, 2.24) is 9.55 Å². The van der Waals surface area contributed by atoms with E-state index in [2.05, 4.69) is 33.2 Å². The first-order chi connectivity index (χ1) is 8.72. The molecule has 1 heterocycles. The van der Waals surface area contributed by atoms with E-state index < -0.39 is 0 Å². The van der Waals surface area contributed by atoms with E-state index in [9.17, 15) is 4.39 Å². The topological polar surface area (TPSA) is 29.9 Å². The van der Waals surface area contributed by atoms with E-state index >= 15 is 0 Å². The molecule has 18 heavy (non-hydrogen) atoms. The molecule has 0 unspecified atom stereocenters. The molecule has 2 aromatic rings. The number of nitrogens with zero attached hydrogens (tertiary/aromatic N) is 2. The maximum Gasteiger partial charge on any atom is 0.207 e. The van der Waals surface area contributed by atoms with Crippen LogP contribution in [0, 0.1) is 5.82 Å². The minimum Gasteiger partial charge on any atom is -0.355 e. The largest absolute Gasteiger partial charge is 0.355 e. The summed E-state index contributed by atoms with van der Waals surface area (Å²) < 4.78 is 15.6. The molecule has 0 fully saturated rings. The zero-order valence-electron chi connectivity index (χ0n) is 10.2. The molecule has 0 radical (unpaired) electrons. The second-order valence-electron chi connectivity index (χ2n) is 4.00. The van der Waals surface area contributed by atoms with Gasteiger partial charge < -0.3 is 5.32 Å². The number of rotatable bonds is 5. The van der Waals surface area contributed by atoms with Crippen LogP contribution < -0.4 is 5.32 Å². The zero-order chi connectivity index (χ0) is 13.0. The lowest BCUT2D eigenvalue weighted by atomic mass is 10.3. The van der Waals surface area contributed by atoms with E-state index in [1.807, 2.05) is 10.8 Å². The Kier molecular flexibility index (Phi) is 4.36.